The van der Waals surface area contributed by atoms with Gasteiger partial charge in [0.05, 0.1) is 17.5 Å². The number of nitrogens with zero attached hydrogens (tertiary/aromatic N) is 1. The van der Waals surface area contributed by atoms with Crippen molar-refractivity contribution < 1.29 is 8.78 Å². The summed E-state index contributed by atoms with van der Waals surface area (Å²) in [6, 6.07) is 2.79. The largest absolute Gasteiger partial charge is 0.207 e. The zero-order valence-corrected chi connectivity index (χ0v) is 7.62. The maximum Gasteiger partial charge on any atom is 0.134 e. The molecule has 0 aliphatic heterocycles. The van der Waals surface area contributed by atoms with Gasteiger partial charge in [0, 0.05) is 11.1 Å². The predicted molar refractivity (Wildman–Crippen MR) is 45.4 cm³/mol. The Morgan fingerprint density at radius 3 is 2.69 bits per heavy atom. The zero-order chi connectivity index (χ0) is 10.0. The summed E-state index contributed by atoms with van der Waals surface area (Å²) in [6.07, 6.45) is -0.147. The highest BCUT2D eigenvalue weighted by atomic mass is 35.5. The zero-order valence-electron chi connectivity index (χ0n) is 6.87. The Morgan fingerprint density at radius 2 is 2.15 bits per heavy atom. The topological polar surface area (TPSA) is 23.8 Å². The lowest BCUT2D eigenvalue weighted by molar-refractivity contribution is 0.560. The van der Waals surface area contributed by atoms with Crippen molar-refractivity contribution in [1.29, 1.82) is 5.26 Å². The first-order chi connectivity index (χ1) is 6.07. The highest BCUT2D eigenvalue weighted by Crippen LogP contribution is 2.24. The normalized spacial score (nSPS) is 9.77. The molecule has 1 nitrogen and oxygen atoms in total. The van der Waals surface area contributed by atoms with E-state index in [9.17, 15) is 8.78 Å². The van der Waals surface area contributed by atoms with Gasteiger partial charge < -0.3 is 0 Å². The van der Waals surface area contributed by atoms with Gasteiger partial charge in [-0.15, -0.1) is 0 Å². The van der Waals surface area contributed by atoms with Crippen LogP contribution in [0.3, 0.4) is 0 Å². The van der Waals surface area contributed by atoms with E-state index in [0.29, 0.717) is 0 Å². The van der Waals surface area contributed by atoms with Gasteiger partial charge in [0.15, 0.2) is 0 Å². The number of benzene rings is 1. The van der Waals surface area contributed by atoms with Gasteiger partial charge in [-0.2, -0.15) is 5.26 Å². The van der Waals surface area contributed by atoms with E-state index in [-0.39, 0.29) is 22.6 Å². The number of rotatable bonds is 1. The lowest BCUT2D eigenvalue weighted by Gasteiger charge is -2.05. The molecule has 0 amide bonds. The van der Waals surface area contributed by atoms with E-state index in [4.69, 9.17) is 16.9 Å². The monoisotopic (exact) mass is 201 g/mol. The molecule has 1 rings (SSSR count). The van der Waals surface area contributed by atoms with Crippen LogP contribution in [0.2, 0.25) is 5.02 Å². The van der Waals surface area contributed by atoms with E-state index in [1.165, 1.54) is 6.92 Å². The Bertz CT molecular complexity index is 382. The highest BCUT2D eigenvalue weighted by Gasteiger charge is 2.13. The highest BCUT2D eigenvalue weighted by molar-refractivity contribution is 6.31. The van der Waals surface area contributed by atoms with Crippen LogP contribution in [-0.2, 0) is 6.42 Å². The molecule has 0 heterocycles. The van der Waals surface area contributed by atoms with Crippen molar-refractivity contribution in [3.05, 3.63) is 33.9 Å². The van der Waals surface area contributed by atoms with E-state index in [0.717, 1.165) is 6.07 Å². The van der Waals surface area contributed by atoms with Crippen molar-refractivity contribution in [2.45, 2.75) is 13.3 Å². The van der Waals surface area contributed by atoms with Crippen LogP contribution in [0.25, 0.3) is 0 Å². The maximum atomic E-state index is 13.2. The first kappa shape index (κ1) is 9.94. The van der Waals surface area contributed by atoms with Crippen LogP contribution in [0.15, 0.2) is 6.07 Å². The van der Waals surface area contributed by atoms with Crippen LogP contribution in [0.5, 0.6) is 0 Å². The molecule has 0 aliphatic rings. The molecule has 0 saturated heterocycles. The van der Waals surface area contributed by atoms with Gasteiger partial charge in [-0.25, -0.2) is 8.78 Å². The number of nitriles is 1. The van der Waals surface area contributed by atoms with Crippen molar-refractivity contribution in [2.24, 2.45) is 0 Å². The van der Waals surface area contributed by atoms with E-state index in [1.807, 2.05) is 0 Å². The Morgan fingerprint density at radius 1 is 1.54 bits per heavy atom. The fourth-order valence-corrected chi connectivity index (χ4v) is 1.23. The predicted octanol–water partition coefficient (Wildman–Crippen LogP) is 2.99. The third-order valence-electron chi connectivity index (χ3n) is 1.75. The second-order valence-corrected chi connectivity index (χ2v) is 3.00. The Labute approximate surface area is 79.6 Å². The molecular formula is C9H6ClF2N. The second kappa shape index (κ2) is 3.71. The summed E-state index contributed by atoms with van der Waals surface area (Å²) in [4.78, 5) is 0. The average molecular weight is 202 g/mol. The molecule has 4 heteroatoms. The molecule has 13 heavy (non-hydrogen) atoms. The summed E-state index contributed by atoms with van der Waals surface area (Å²) in [5, 5.41) is 8.32. The summed E-state index contributed by atoms with van der Waals surface area (Å²) in [5.41, 5.74) is -0.0438. The SMILES string of the molecule is Cc1c(F)cc(Cl)c(CC#N)c1F. The van der Waals surface area contributed by atoms with Crippen LogP contribution >= 0.6 is 11.6 Å². The first-order valence-corrected chi connectivity index (χ1v) is 3.95. The van der Waals surface area contributed by atoms with Crippen molar-refractivity contribution in [3.63, 3.8) is 0 Å². The molecule has 1 aromatic carbocycles. The first-order valence-electron chi connectivity index (χ1n) is 3.58. The van der Waals surface area contributed by atoms with Crippen LogP contribution in [0.1, 0.15) is 11.1 Å². The summed E-state index contributed by atoms with van der Waals surface area (Å²) in [6.45, 7) is 1.31. The maximum absolute atomic E-state index is 13.2. The molecule has 0 fully saturated rings. The molecule has 0 spiro atoms. The van der Waals surface area contributed by atoms with Gasteiger partial charge in [0.1, 0.15) is 11.6 Å². The minimum Gasteiger partial charge on any atom is -0.207 e. The van der Waals surface area contributed by atoms with Crippen LogP contribution < -0.4 is 0 Å². The Hall–Kier alpha value is -1.14. The molecule has 0 radical (unpaired) electrons. The third kappa shape index (κ3) is 1.78. The fourth-order valence-electron chi connectivity index (χ4n) is 0.984. The molecule has 0 N–H and O–H groups in total. The van der Waals surface area contributed by atoms with E-state index in [1.54, 1.807) is 6.07 Å². The smallest absolute Gasteiger partial charge is 0.134 e. The molecular weight excluding hydrogens is 196 g/mol. The molecule has 0 aromatic heterocycles. The van der Waals surface area contributed by atoms with Crippen LogP contribution in [-0.4, -0.2) is 0 Å². The van der Waals surface area contributed by atoms with Gasteiger partial charge in [0.2, 0.25) is 0 Å². The molecule has 0 atom stereocenters. The number of halogens is 3. The molecule has 0 unspecified atom stereocenters. The van der Waals surface area contributed by atoms with Gasteiger partial charge in [-0.05, 0) is 13.0 Å². The fraction of sp³-hybridized carbons (Fsp3) is 0.222. The van der Waals surface area contributed by atoms with E-state index >= 15 is 0 Å². The minimum absolute atomic E-state index is 0.0397. The lowest BCUT2D eigenvalue weighted by atomic mass is 10.1. The minimum atomic E-state index is -0.730. The molecule has 68 valence electrons. The Balaban J connectivity index is 3.36. The van der Waals surface area contributed by atoms with Crippen LogP contribution in [0.4, 0.5) is 8.78 Å². The number of hydrogen-bond acceptors (Lipinski definition) is 1. The lowest BCUT2D eigenvalue weighted by Crippen LogP contribution is -1.97. The van der Waals surface area contributed by atoms with Crippen molar-refractivity contribution in [3.8, 4) is 6.07 Å². The van der Waals surface area contributed by atoms with Gasteiger partial charge in [-0.1, -0.05) is 11.6 Å². The van der Waals surface area contributed by atoms with E-state index < -0.39 is 11.6 Å². The van der Waals surface area contributed by atoms with Crippen molar-refractivity contribution in [1.82, 2.24) is 0 Å². The van der Waals surface area contributed by atoms with Crippen LogP contribution in [0, 0.1) is 29.9 Å². The second-order valence-electron chi connectivity index (χ2n) is 2.59. The van der Waals surface area contributed by atoms with Gasteiger partial charge in [-0.3, -0.25) is 0 Å². The Kier molecular flexibility index (Phi) is 2.84. The summed E-state index contributed by atoms with van der Waals surface area (Å²) < 4.78 is 26.1. The standard InChI is InChI=1S/C9H6ClF2N/c1-5-8(11)4-7(10)6(2-3-13)9(5)12/h4H,2H2,1H3. The molecule has 0 bridgehead atoms. The molecule has 1 aromatic rings. The summed E-state index contributed by atoms with van der Waals surface area (Å²) in [5.74, 6) is -1.42. The average Bonchev–Trinajstić information content (AvgIpc) is 2.09. The molecule has 0 aliphatic carbocycles. The summed E-state index contributed by atoms with van der Waals surface area (Å²) >= 11 is 5.55. The van der Waals surface area contributed by atoms with Gasteiger partial charge >= 0.3 is 0 Å². The van der Waals surface area contributed by atoms with E-state index in [2.05, 4.69) is 0 Å². The summed E-state index contributed by atoms with van der Waals surface area (Å²) in [7, 11) is 0. The van der Waals surface area contributed by atoms with Gasteiger partial charge in [0.25, 0.3) is 0 Å². The third-order valence-corrected chi connectivity index (χ3v) is 2.09. The quantitative estimate of drug-likeness (QED) is 0.685. The van der Waals surface area contributed by atoms with Crippen molar-refractivity contribution >= 4 is 11.6 Å². The van der Waals surface area contributed by atoms with Crippen molar-refractivity contribution in [2.75, 3.05) is 0 Å². The number of hydrogen-bond donors (Lipinski definition) is 0. The molecule has 0 saturated carbocycles.